The Morgan fingerprint density at radius 2 is 1.89 bits per heavy atom. The van der Waals surface area contributed by atoms with Crippen LogP contribution < -0.4 is 5.32 Å². The number of rotatable bonds is 5. The molecule has 19 heavy (non-hydrogen) atoms. The van der Waals surface area contributed by atoms with Crippen molar-refractivity contribution in [2.24, 2.45) is 0 Å². The fourth-order valence-corrected chi connectivity index (χ4v) is 2.59. The van der Waals surface area contributed by atoms with E-state index in [-0.39, 0.29) is 0 Å². The van der Waals surface area contributed by atoms with Crippen molar-refractivity contribution >= 4 is 21.6 Å². The van der Waals surface area contributed by atoms with Gasteiger partial charge in [0.2, 0.25) is 0 Å². The lowest BCUT2D eigenvalue weighted by molar-refractivity contribution is 0.185. The topological polar surface area (TPSA) is 21.3 Å². The Kier molecular flexibility index (Phi) is 5.00. The minimum absolute atomic E-state index is 0.655. The molecule has 2 nitrogen and oxygen atoms in total. The molecule has 0 aliphatic carbocycles. The summed E-state index contributed by atoms with van der Waals surface area (Å²) in [5.74, 6) is 0. The molecule has 0 bridgehead atoms. The molecular formula is C16H18BrNO. The van der Waals surface area contributed by atoms with Gasteiger partial charge in [-0.3, -0.25) is 0 Å². The Bertz CT molecular complexity index is 554. The number of hydrogen-bond acceptors (Lipinski definition) is 2. The van der Waals surface area contributed by atoms with Gasteiger partial charge in [-0.2, -0.15) is 0 Å². The highest BCUT2D eigenvalue weighted by Crippen LogP contribution is 2.24. The molecule has 2 aromatic carbocycles. The first kappa shape index (κ1) is 14.1. The average Bonchev–Trinajstić information content (AvgIpc) is 2.38. The van der Waals surface area contributed by atoms with Crippen molar-refractivity contribution in [2.45, 2.75) is 20.1 Å². The van der Waals surface area contributed by atoms with Gasteiger partial charge in [-0.15, -0.1) is 0 Å². The Balaban J connectivity index is 2.03. The van der Waals surface area contributed by atoms with Crippen molar-refractivity contribution < 1.29 is 4.74 Å². The van der Waals surface area contributed by atoms with Gasteiger partial charge in [0.1, 0.15) is 0 Å². The first-order chi connectivity index (χ1) is 9.19. The molecule has 0 spiro atoms. The summed E-state index contributed by atoms with van der Waals surface area (Å²) in [5.41, 5.74) is 4.81. The van der Waals surface area contributed by atoms with E-state index in [1.807, 2.05) is 0 Å². The minimum atomic E-state index is 0.655. The molecule has 0 atom stereocenters. The maximum atomic E-state index is 5.15. The number of benzene rings is 2. The van der Waals surface area contributed by atoms with E-state index >= 15 is 0 Å². The van der Waals surface area contributed by atoms with Crippen LogP contribution in [0.15, 0.2) is 46.9 Å². The summed E-state index contributed by atoms with van der Waals surface area (Å²) in [6, 6.07) is 14.7. The first-order valence-corrected chi connectivity index (χ1v) is 7.05. The zero-order chi connectivity index (χ0) is 13.7. The highest BCUT2D eigenvalue weighted by molar-refractivity contribution is 9.10. The number of ether oxygens (including phenoxy) is 1. The number of methoxy groups -OCH3 is 1. The summed E-state index contributed by atoms with van der Waals surface area (Å²) in [5, 5.41) is 3.44. The maximum Gasteiger partial charge on any atom is 0.0713 e. The lowest BCUT2D eigenvalue weighted by Gasteiger charge is -2.10. The van der Waals surface area contributed by atoms with Crippen LogP contribution in [-0.4, -0.2) is 7.11 Å². The molecule has 100 valence electrons. The molecule has 2 rings (SSSR count). The normalized spacial score (nSPS) is 10.5. The van der Waals surface area contributed by atoms with E-state index in [9.17, 15) is 0 Å². The largest absolute Gasteiger partial charge is 0.380 e. The van der Waals surface area contributed by atoms with E-state index in [1.165, 1.54) is 16.7 Å². The molecule has 0 fully saturated rings. The molecule has 0 aliphatic heterocycles. The summed E-state index contributed by atoms with van der Waals surface area (Å²) in [6.07, 6.45) is 0. The second-order valence-corrected chi connectivity index (χ2v) is 5.44. The lowest BCUT2D eigenvalue weighted by Crippen LogP contribution is -2.01. The molecule has 0 saturated heterocycles. The summed E-state index contributed by atoms with van der Waals surface area (Å²) in [6.45, 7) is 3.55. The standard InChI is InChI=1S/C16H18BrNO/c1-12-6-7-16(15(17)8-12)18-10-13-4-3-5-14(9-13)11-19-2/h3-9,18H,10-11H2,1-2H3. The molecule has 2 aromatic rings. The van der Waals surface area contributed by atoms with Gasteiger partial charge in [0, 0.05) is 23.8 Å². The fourth-order valence-electron chi connectivity index (χ4n) is 1.96. The van der Waals surface area contributed by atoms with Crippen molar-refractivity contribution in [3.8, 4) is 0 Å². The monoisotopic (exact) mass is 319 g/mol. The predicted molar refractivity (Wildman–Crippen MR) is 83.4 cm³/mol. The SMILES string of the molecule is COCc1cccc(CNc2ccc(C)cc2Br)c1. The lowest BCUT2D eigenvalue weighted by atomic mass is 10.1. The quantitative estimate of drug-likeness (QED) is 0.875. The van der Waals surface area contributed by atoms with E-state index in [1.54, 1.807) is 7.11 Å². The van der Waals surface area contributed by atoms with Crippen molar-refractivity contribution in [2.75, 3.05) is 12.4 Å². The fraction of sp³-hybridized carbons (Fsp3) is 0.250. The van der Waals surface area contributed by atoms with E-state index in [2.05, 4.69) is 70.6 Å². The third-order valence-electron chi connectivity index (χ3n) is 2.91. The average molecular weight is 320 g/mol. The molecule has 1 N–H and O–H groups in total. The van der Waals surface area contributed by atoms with Crippen LogP contribution in [-0.2, 0) is 17.9 Å². The van der Waals surface area contributed by atoms with E-state index in [0.29, 0.717) is 6.61 Å². The van der Waals surface area contributed by atoms with Crippen molar-refractivity contribution in [3.63, 3.8) is 0 Å². The van der Waals surface area contributed by atoms with Crippen LogP contribution in [0.5, 0.6) is 0 Å². The highest BCUT2D eigenvalue weighted by Gasteiger charge is 2.00. The van der Waals surface area contributed by atoms with Crippen LogP contribution in [0.2, 0.25) is 0 Å². The molecule has 0 unspecified atom stereocenters. The number of anilines is 1. The second kappa shape index (κ2) is 6.73. The van der Waals surface area contributed by atoms with Gasteiger partial charge >= 0.3 is 0 Å². The van der Waals surface area contributed by atoms with Gasteiger partial charge in [0.05, 0.1) is 6.61 Å². The Morgan fingerprint density at radius 3 is 2.63 bits per heavy atom. The summed E-state index contributed by atoms with van der Waals surface area (Å²) in [4.78, 5) is 0. The molecule has 0 heterocycles. The molecule has 0 aromatic heterocycles. The first-order valence-electron chi connectivity index (χ1n) is 6.26. The van der Waals surface area contributed by atoms with Crippen LogP contribution in [0.25, 0.3) is 0 Å². The van der Waals surface area contributed by atoms with Crippen molar-refractivity contribution in [1.82, 2.24) is 0 Å². The van der Waals surface area contributed by atoms with Crippen LogP contribution in [0, 0.1) is 6.92 Å². The Morgan fingerprint density at radius 1 is 1.11 bits per heavy atom. The van der Waals surface area contributed by atoms with Gasteiger partial charge in [0.15, 0.2) is 0 Å². The number of hydrogen-bond donors (Lipinski definition) is 1. The van der Waals surface area contributed by atoms with Gasteiger partial charge < -0.3 is 10.1 Å². The third-order valence-corrected chi connectivity index (χ3v) is 3.57. The molecule has 0 saturated carbocycles. The third kappa shape index (κ3) is 4.08. The van der Waals surface area contributed by atoms with E-state index in [0.717, 1.165) is 16.7 Å². The second-order valence-electron chi connectivity index (χ2n) is 4.59. The van der Waals surface area contributed by atoms with E-state index < -0.39 is 0 Å². The number of halogens is 1. The Labute approximate surface area is 122 Å². The maximum absolute atomic E-state index is 5.15. The van der Waals surface area contributed by atoms with Crippen LogP contribution in [0.1, 0.15) is 16.7 Å². The van der Waals surface area contributed by atoms with Gasteiger partial charge in [-0.25, -0.2) is 0 Å². The minimum Gasteiger partial charge on any atom is -0.380 e. The summed E-state index contributed by atoms with van der Waals surface area (Å²) in [7, 11) is 1.72. The zero-order valence-corrected chi connectivity index (χ0v) is 12.8. The molecular weight excluding hydrogens is 302 g/mol. The van der Waals surface area contributed by atoms with Crippen LogP contribution in [0.3, 0.4) is 0 Å². The highest BCUT2D eigenvalue weighted by atomic mass is 79.9. The summed E-state index contributed by atoms with van der Waals surface area (Å²) < 4.78 is 6.25. The van der Waals surface area contributed by atoms with Crippen molar-refractivity contribution in [1.29, 1.82) is 0 Å². The van der Waals surface area contributed by atoms with Crippen molar-refractivity contribution in [3.05, 3.63) is 63.6 Å². The van der Waals surface area contributed by atoms with Crippen LogP contribution in [0.4, 0.5) is 5.69 Å². The van der Waals surface area contributed by atoms with Crippen LogP contribution >= 0.6 is 15.9 Å². The van der Waals surface area contributed by atoms with Gasteiger partial charge in [-0.1, -0.05) is 30.3 Å². The Hall–Kier alpha value is -1.32. The number of aryl methyl sites for hydroxylation is 1. The van der Waals surface area contributed by atoms with Gasteiger partial charge in [-0.05, 0) is 51.7 Å². The summed E-state index contributed by atoms with van der Waals surface area (Å²) >= 11 is 3.58. The zero-order valence-electron chi connectivity index (χ0n) is 11.2. The molecule has 0 radical (unpaired) electrons. The van der Waals surface area contributed by atoms with Gasteiger partial charge in [0.25, 0.3) is 0 Å². The predicted octanol–water partition coefficient (Wildman–Crippen LogP) is 4.52. The number of nitrogens with one attached hydrogen (secondary N) is 1. The molecule has 0 amide bonds. The molecule has 3 heteroatoms. The smallest absolute Gasteiger partial charge is 0.0713 e. The molecule has 0 aliphatic rings. The van der Waals surface area contributed by atoms with E-state index in [4.69, 9.17) is 4.74 Å².